The molecule has 0 aromatic carbocycles. The summed E-state index contributed by atoms with van der Waals surface area (Å²) in [5.74, 6) is 1.09. The Morgan fingerprint density at radius 2 is 1.81 bits per heavy atom. The Morgan fingerprint density at radius 1 is 1.12 bits per heavy atom. The van der Waals surface area contributed by atoms with Crippen molar-refractivity contribution in [1.82, 2.24) is 20.2 Å². The molecule has 2 aliphatic heterocycles. The number of fused-ring (bicyclic) bond motifs is 2. The summed E-state index contributed by atoms with van der Waals surface area (Å²) in [6.45, 7) is 0.273. The maximum atomic E-state index is 12.4. The number of carbonyl (C=O) groups is 1. The fraction of sp³-hybridized carbons (Fsp3) is 0.786. The molecule has 11 nitrogen and oxygen atoms in total. The van der Waals surface area contributed by atoms with Crippen LogP contribution in [0.3, 0.4) is 0 Å². The number of urea groups is 1. The second kappa shape index (κ2) is 6.44. The summed E-state index contributed by atoms with van der Waals surface area (Å²) in [6.07, 6.45) is 4.67. The van der Waals surface area contributed by atoms with Gasteiger partial charge in [-0.1, -0.05) is 0 Å². The first kappa shape index (κ1) is 17.6. The molecule has 1 aromatic rings. The Balaban J connectivity index is 1.49. The number of hydroxylamine groups is 2. The molecule has 144 valence electrons. The molecule has 0 radical (unpaired) electrons. The second-order valence-electron chi connectivity index (χ2n) is 7.10. The van der Waals surface area contributed by atoms with Crippen LogP contribution in [0.4, 0.5) is 4.79 Å². The monoisotopic (exact) mass is 387 g/mol. The van der Waals surface area contributed by atoms with Gasteiger partial charge in [0.05, 0.1) is 6.04 Å². The molecule has 3 fully saturated rings. The van der Waals surface area contributed by atoms with E-state index in [1.54, 1.807) is 0 Å². The van der Waals surface area contributed by atoms with Crippen LogP contribution in [0.2, 0.25) is 0 Å². The minimum absolute atomic E-state index is 0.182. The molecule has 2 bridgehead atoms. The number of aromatic nitrogens is 2. The summed E-state index contributed by atoms with van der Waals surface area (Å²) in [7, 11) is -4.76. The zero-order valence-corrected chi connectivity index (χ0v) is 14.8. The molecular weight excluding hydrogens is 366 g/mol. The summed E-state index contributed by atoms with van der Waals surface area (Å²) in [6, 6.07) is -1.29. The van der Waals surface area contributed by atoms with Crippen LogP contribution in [0.15, 0.2) is 4.42 Å². The van der Waals surface area contributed by atoms with E-state index in [4.69, 9.17) is 14.7 Å². The molecule has 3 aliphatic rings. The Labute approximate surface area is 150 Å². The van der Waals surface area contributed by atoms with Crippen LogP contribution in [0, 0.1) is 0 Å². The van der Waals surface area contributed by atoms with Crippen molar-refractivity contribution in [2.75, 3.05) is 6.54 Å². The molecule has 2 atom stereocenters. The number of rotatable bonds is 4. The molecular formula is C14H21N5O6S. The van der Waals surface area contributed by atoms with Gasteiger partial charge in [0, 0.05) is 18.5 Å². The van der Waals surface area contributed by atoms with Gasteiger partial charge in [-0.3, -0.25) is 4.55 Å². The average Bonchev–Trinajstić information content (AvgIpc) is 3.15. The first-order valence-electron chi connectivity index (χ1n) is 8.67. The van der Waals surface area contributed by atoms with E-state index < -0.39 is 28.5 Å². The standard InChI is InChI=1S/C14H21N5O6S/c15-9-3-1-8(2-4-9)12-16-17-13(24-12)11-6-5-10-7-18(11)14(20)19(10)25-26(21,22)23/h8-11H,1-7,15H2,(H,21,22,23)/t8?,9?,10-,11+/m1/s1. The van der Waals surface area contributed by atoms with Crippen LogP contribution in [0.5, 0.6) is 0 Å². The van der Waals surface area contributed by atoms with E-state index in [1.807, 2.05) is 0 Å². The number of hydrogen-bond acceptors (Lipinski definition) is 8. The summed E-state index contributed by atoms with van der Waals surface area (Å²) in [5, 5.41) is 8.97. The highest BCUT2D eigenvalue weighted by atomic mass is 32.3. The van der Waals surface area contributed by atoms with Crippen molar-refractivity contribution in [2.45, 2.75) is 62.6 Å². The summed E-state index contributed by atoms with van der Waals surface area (Å²) >= 11 is 0. The van der Waals surface area contributed by atoms with Crippen molar-refractivity contribution in [3.05, 3.63) is 11.8 Å². The third-order valence-electron chi connectivity index (χ3n) is 5.36. The van der Waals surface area contributed by atoms with E-state index in [0.29, 0.717) is 29.7 Å². The van der Waals surface area contributed by atoms with E-state index in [1.165, 1.54) is 4.90 Å². The number of carbonyl (C=O) groups excluding carboxylic acids is 1. The lowest BCUT2D eigenvalue weighted by atomic mass is 9.86. The Bertz CT molecular complexity index is 790. The maximum absolute atomic E-state index is 12.4. The third kappa shape index (κ3) is 3.29. The topological polar surface area (TPSA) is 152 Å². The summed E-state index contributed by atoms with van der Waals surface area (Å²) in [5.41, 5.74) is 5.92. The molecule has 1 aliphatic carbocycles. The predicted octanol–water partition coefficient (Wildman–Crippen LogP) is 0.730. The molecule has 0 unspecified atom stereocenters. The minimum atomic E-state index is -4.76. The Morgan fingerprint density at radius 3 is 2.50 bits per heavy atom. The molecule has 4 rings (SSSR count). The van der Waals surface area contributed by atoms with Crippen LogP contribution in [-0.4, -0.2) is 57.8 Å². The fourth-order valence-electron chi connectivity index (χ4n) is 4.00. The number of hydrogen-bond donors (Lipinski definition) is 2. The lowest BCUT2D eigenvalue weighted by Crippen LogP contribution is -2.35. The number of nitrogens with zero attached hydrogens (tertiary/aromatic N) is 4. The largest absolute Gasteiger partial charge is 0.423 e. The number of piperidine rings is 1. The van der Waals surface area contributed by atoms with E-state index in [2.05, 4.69) is 14.5 Å². The number of nitrogens with two attached hydrogens (primary N) is 1. The highest BCUT2D eigenvalue weighted by Gasteiger charge is 2.49. The van der Waals surface area contributed by atoms with Gasteiger partial charge in [-0.15, -0.1) is 14.5 Å². The van der Waals surface area contributed by atoms with Gasteiger partial charge in [-0.25, -0.2) is 4.79 Å². The van der Waals surface area contributed by atoms with Gasteiger partial charge in [0.1, 0.15) is 6.04 Å². The average molecular weight is 387 g/mol. The molecule has 1 saturated carbocycles. The lowest BCUT2D eigenvalue weighted by molar-refractivity contribution is -0.0317. The van der Waals surface area contributed by atoms with Crippen LogP contribution >= 0.6 is 0 Å². The van der Waals surface area contributed by atoms with Crippen LogP contribution in [-0.2, 0) is 14.7 Å². The van der Waals surface area contributed by atoms with Crippen LogP contribution in [0.1, 0.15) is 62.3 Å². The van der Waals surface area contributed by atoms with Gasteiger partial charge in [0.15, 0.2) is 0 Å². The lowest BCUT2D eigenvalue weighted by Gasteiger charge is -2.27. The highest BCUT2D eigenvalue weighted by molar-refractivity contribution is 7.80. The van der Waals surface area contributed by atoms with Gasteiger partial charge in [0.2, 0.25) is 11.8 Å². The van der Waals surface area contributed by atoms with Crippen molar-refractivity contribution in [1.29, 1.82) is 0 Å². The zero-order valence-electron chi connectivity index (χ0n) is 14.0. The van der Waals surface area contributed by atoms with Crippen molar-refractivity contribution < 1.29 is 26.5 Å². The van der Waals surface area contributed by atoms with Crippen molar-refractivity contribution in [3.63, 3.8) is 0 Å². The van der Waals surface area contributed by atoms with Crippen molar-refractivity contribution in [3.8, 4) is 0 Å². The van der Waals surface area contributed by atoms with Crippen LogP contribution in [0.25, 0.3) is 0 Å². The first-order chi connectivity index (χ1) is 12.3. The van der Waals surface area contributed by atoms with Gasteiger partial charge in [-0.05, 0) is 38.5 Å². The van der Waals surface area contributed by atoms with Gasteiger partial charge in [0.25, 0.3) is 0 Å². The van der Waals surface area contributed by atoms with Gasteiger partial charge >= 0.3 is 16.4 Å². The second-order valence-corrected chi connectivity index (χ2v) is 8.10. The predicted molar refractivity (Wildman–Crippen MR) is 85.8 cm³/mol. The van der Waals surface area contributed by atoms with Crippen molar-refractivity contribution in [2.24, 2.45) is 5.73 Å². The Kier molecular flexibility index (Phi) is 4.37. The quantitative estimate of drug-likeness (QED) is 0.712. The molecule has 0 spiro atoms. The summed E-state index contributed by atoms with van der Waals surface area (Å²) < 4.78 is 41.0. The third-order valence-corrected chi connectivity index (χ3v) is 5.71. The van der Waals surface area contributed by atoms with Gasteiger partial charge < -0.3 is 15.1 Å². The van der Waals surface area contributed by atoms with Crippen LogP contribution < -0.4 is 5.73 Å². The molecule has 2 saturated heterocycles. The normalized spacial score (nSPS) is 32.3. The van der Waals surface area contributed by atoms with E-state index in [-0.39, 0.29) is 18.5 Å². The van der Waals surface area contributed by atoms with E-state index >= 15 is 0 Å². The van der Waals surface area contributed by atoms with Crippen molar-refractivity contribution >= 4 is 16.4 Å². The molecule has 26 heavy (non-hydrogen) atoms. The highest BCUT2D eigenvalue weighted by Crippen LogP contribution is 2.39. The van der Waals surface area contributed by atoms with E-state index in [9.17, 15) is 13.2 Å². The molecule has 2 amide bonds. The minimum Gasteiger partial charge on any atom is -0.423 e. The molecule has 12 heteroatoms. The zero-order chi connectivity index (χ0) is 18.5. The van der Waals surface area contributed by atoms with E-state index in [0.717, 1.165) is 25.7 Å². The Hall–Kier alpha value is -1.76. The summed E-state index contributed by atoms with van der Waals surface area (Å²) in [4.78, 5) is 13.9. The number of amides is 2. The fourth-order valence-corrected chi connectivity index (χ4v) is 4.39. The maximum Gasteiger partial charge on any atom is 0.418 e. The molecule has 1 aromatic heterocycles. The molecule has 3 heterocycles. The SMILES string of the molecule is NC1CCC(c2nnc([C@@H]3CC[C@@H]4CN3C(=O)N4OS(=O)(=O)O)o2)CC1. The first-order valence-corrected chi connectivity index (χ1v) is 10.0. The smallest absolute Gasteiger partial charge is 0.418 e. The van der Waals surface area contributed by atoms with Gasteiger partial charge in [-0.2, -0.15) is 13.5 Å². The molecule has 3 N–H and O–H groups in total.